The Morgan fingerprint density at radius 2 is 1.93 bits per heavy atom. The largest absolute Gasteiger partial charge is 0.374 e. The Morgan fingerprint density at radius 3 is 2.71 bits per heavy atom. The summed E-state index contributed by atoms with van der Waals surface area (Å²) in [6, 6.07) is 13.4. The Morgan fingerprint density at radius 1 is 1.14 bits per heavy atom. The van der Waals surface area contributed by atoms with Crippen molar-refractivity contribution in [3.8, 4) is 0 Å². The van der Waals surface area contributed by atoms with Crippen LogP contribution >= 0.6 is 0 Å². The Hall–Kier alpha value is -2.44. The van der Waals surface area contributed by atoms with Crippen LogP contribution in [0.2, 0.25) is 0 Å². The highest BCUT2D eigenvalue weighted by Gasteiger charge is 2.21. The number of carbonyl (C=O) groups excluding carboxylic acids is 2. The summed E-state index contributed by atoms with van der Waals surface area (Å²) in [7, 11) is 0. The number of amides is 2. The summed E-state index contributed by atoms with van der Waals surface area (Å²) in [4.78, 5) is 26.8. The van der Waals surface area contributed by atoms with Gasteiger partial charge in [0.1, 0.15) is 0 Å². The maximum absolute atomic E-state index is 12.3. The van der Waals surface area contributed by atoms with E-state index in [0.717, 1.165) is 30.4 Å². The number of carbonyl (C=O) groups is 2. The van der Waals surface area contributed by atoms with Gasteiger partial charge in [0.25, 0.3) is 5.91 Å². The van der Waals surface area contributed by atoms with Crippen LogP contribution in [0.4, 0.5) is 0 Å². The summed E-state index contributed by atoms with van der Waals surface area (Å²) in [5, 5.41) is 7.62. The average Bonchev–Trinajstić information content (AvgIpc) is 2.70. The lowest BCUT2D eigenvalue weighted by Crippen LogP contribution is -2.49. The van der Waals surface area contributed by atoms with Crippen molar-refractivity contribution in [2.45, 2.75) is 20.0 Å². The number of ether oxygens (including phenoxy) is 1. The second kappa shape index (κ2) is 9.66. The van der Waals surface area contributed by atoms with Crippen LogP contribution in [0.3, 0.4) is 0 Å². The average molecular weight is 383 g/mol. The smallest absolute Gasteiger partial charge is 0.251 e. The number of rotatable bonds is 7. The van der Waals surface area contributed by atoms with Gasteiger partial charge in [-0.3, -0.25) is 14.5 Å². The van der Waals surface area contributed by atoms with Gasteiger partial charge in [0.15, 0.2) is 0 Å². The molecule has 2 amide bonds. The molecule has 28 heavy (non-hydrogen) atoms. The molecule has 150 valence electrons. The maximum Gasteiger partial charge on any atom is 0.251 e. The molecule has 1 atom stereocenters. The molecule has 0 radical (unpaired) electrons. The van der Waals surface area contributed by atoms with Gasteiger partial charge in [-0.05, 0) is 28.8 Å². The van der Waals surface area contributed by atoms with Gasteiger partial charge in [0.05, 0.1) is 19.3 Å². The van der Waals surface area contributed by atoms with E-state index in [-0.39, 0.29) is 24.5 Å². The molecule has 2 N–H and O–H groups in total. The molecule has 2 aromatic carbocycles. The Kier molecular flexibility index (Phi) is 7.01. The molecule has 0 spiro atoms. The molecular weight excluding hydrogens is 354 g/mol. The van der Waals surface area contributed by atoms with Crippen LogP contribution in [-0.2, 0) is 9.53 Å². The fourth-order valence-corrected chi connectivity index (χ4v) is 3.47. The van der Waals surface area contributed by atoms with Gasteiger partial charge in [0, 0.05) is 31.7 Å². The topological polar surface area (TPSA) is 70.7 Å². The minimum atomic E-state index is -0.252. The predicted molar refractivity (Wildman–Crippen MR) is 110 cm³/mol. The van der Waals surface area contributed by atoms with Crippen molar-refractivity contribution >= 4 is 22.6 Å². The van der Waals surface area contributed by atoms with Crippen LogP contribution in [0.15, 0.2) is 42.5 Å². The van der Waals surface area contributed by atoms with Gasteiger partial charge in [0.2, 0.25) is 5.91 Å². The zero-order valence-electron chi connectivity index (χ0n) is 16.6. The number of hydrogen-bond donors (Lipinski definition) is 2. The molecule has 1 heterocycles. The van der Waals surface area contributed by atoms with Crippen molar-refractivity contribution in [3.63, 3.8) is 0 Å². The molecule has 0 aliphatic carbocycles. The van der Waals surface area contributed by atoms with Crippen LogP contribution in [0.1, 0.15) is 24.2 Å². The molecule has 1 aliphatic heterocycles. The van der Waals surface area contributed by atoms with E-state index in [9.17, 15) is 9.59 Å². The van der Waals surface area contributed by atoms with E-state index in [0.29, 0.717) is 24.6 Å². The van der Waals surface area contributed by atoms with E-state index in [2.05, 4.69) is 29.4 Å². The Bertz CT molecular complexity index is 822. The number of hydrogen-bond acceptors (Lipinski definition) is 4. The highest BCUT2D eigenvalue weighted by molar-refractivity contribution is 5.99. The number of nitrogens with one attached hydrogen (secondary N) is 2. The number of fused-ring (bicyclic) bond motifs is 1. The number of nitrogens with zero attached hydrogens (tertiary/aromatic N) is 1. The normalized spacial score (nSPS) is 17.6. The van der Waals surface area contributed by atoms with Crippen LogP contribution < -0.4 is 10.6 Å². The molecule has 0 saturated carbocycles. The van der Waals surface area contributed by atoms with Crippen molar-refractivity contribution < 1.29 is 14.3 Å². The molecule has 1 fully saturated rings. The predicted octanol–water partition coefficient (Wildman–Crippen LogP) is 2.04. The third-order valence-corrected chi connectivity index (χ3v) is 4.79. The lowest BCUT2D eigenvalue weighted by atomic mass is 10.1. The Labute approximate surface area is 166 Å². The first-order valence-electron chi connectivity index (χ1n) is 9.89. The lowest BCUT2D eigenvalue weighted by Gasteiger charge is -2.33. The van der Waals surface area contributed by atoms with Gasteiger partial charge >= 0.3 is 0 Å². The van der Waals surface area contributed by atoms with Gasteiger partial charge in [-0.1, -0.05) is 44.2 Å². The van der Waals surface area contributed by atoms with Gasteiger partial charge in [-0.25, -0.2) is 0 Å². The number of benzene rings is 2. The van der Waals surface area contributed by atoms with Crippen molar-refractivity contribution in [3.05, 3.63) is 48.0 Å². The van der Waals surface area contributed by atoms with E-state index in [1.807, 2.05) is 36.4 Å². The van der Waals surface area contributed by atoms with E-state index < -0.39 is 0 Å². The van der Waals surface area contributed by atoms with E-state index in [4.69, 9.17) is 4.74 Å². The molecule has 6 heteroatoms. The molecule has 0 unspecified atom stereocenters. The van der Waals surface area contributed by atoms with E-state index in [1.165, 1.54) is 0 Å². The van der Waals surface area contributed by atoms with Gasteiger partial charge < -0.3 is 15.4 Å². The first-order chi connectivity index (χ1) is 13.5. The molecule has 1 saturated heterocycles. The van der Waals surface area contributed by atoms with E-state index >= 15 is 0 Å². The third-order valence-electron chi connectivity index (χ3n) is 4.79. The van der Waals surface area contributed by atoms with Crippen molar-refractivity contribution in [1.82, 2.24) is 15.5 Å². The standard InChI is InChI=1S/C22H29N3O3/c1-16(2)14-25-9-10-28-20(15-25)12-23-21(26)13-24-22(27)19-8-7-17-5-3-4-6-18(17)11-19/h3-8,11,16,20H,9-10,12-15H2,1-2H3,(H,23,26)(H,24,27)/t20-/m1/s1. The molecule has 2 aromatic rings. The highest BCUT2D eigenvalue weighted by Crippen LogP contribution is 2.15. The summed E-state index contributed by atoms with van der Waals surface area (Å²) in [6.45, 7) is 8.29. The second-order valence-electron chi connectivity index (χ2n) is 7.69. The molecule has 0 bridgehead atoms. The molecule has 0 aromatic heterocycles. The molecule has 6 nitrogen and oxygen atoms in total. The molecule has 1 aliphatic rings. The zero-order chi connectivity index (χ0) is 19.9. The fourth-order valence-electron chi connectivity index (χ4n) is 3.47. The van der Waals surface area contributed by atoms with Crippen LogP contribution in [-0.4, -0.2) is 62.1 Å². The summed E-state index contributed by atoms with van der Waals surface area (Å²) < 4.78 is 5.73. The number of morpholine rings is 1. The first kappa shape index (κ1) is 20.3. The lowest BCUT2D eigenvalue weighted by molar-refractivity contribution is -0.121. The van der Waals surface area contributed by atoms with Crippen molar-refractivity contribution in [2.75, 3.05) is 39.3 Å². The van der Waals surface area contributed by atoms with Gasteiger partial charge in [-0.2, -0.15) is 0 Å². The minimum absolute atomic E-state index is 0.00682. The minimum Gasteiger partial charge on any atom is -0.374 e. The summed E-state index contributed by atoms with van der Waals surface area (Å²) in [5.74, 6) is 0.148. The van der Waals surface area contributed by atoms with Crippen LogP contribution in [0.5, 0.6) is 0 Å². The SMILES string of the molecule is CC(C)CN1CCO[C@H](CNC(=O)CNC(=O)c2ccc3ccccc3c2)C1. The quantitative estimate of drug-likeness (QED) is 0.768. The van der Waals surface area contributed by atoms with Gasteiger partial charge in [-0.15, -0.1) is 0 Å². The second-order valence-corrected chi connectivity index (χ2v) is 7.69. The molecule has 3 rings (SSSR count). The molecular formula is C22H29N3O3. The summed E-state index contributed by atoms with van der Waals surface area (Å²) in [5.41, 5.74) is 0.548. The zero-order valence-corrected chi connectivity index (χ0v) is 16.6. The van der Waals surface area contributed by atoms with E-state index in [1.54, 1.807) is 6.07 Å². The van der Waals surface area contributed by atoms with Crippen LogP contribution in [0, 0.1) is 5.92 Å². The van der Waals surface area contributed by atoms with Crippen molar-refractivity contribution in [2.24, 2.45) is 5.92 Å². The summed E-state index contributed by atoms with van der Waals surface area (Å²) >= 11 is 0. The third kappa shape index (κ3) is 5.78. The monoisotopic (exact) mass is 383 g/mol. The fraction of sp³-hybridized carbons (Fsp3) is 0.455. The van der Waals surface area contributed by atoms with Crippen LogP contribution in [0.25, 0.3) is 10.8 Å². The van der Waals surface area contributed by atoms with Crippen molar-refractivity contribution in [1.29, 1.82) is 0 Å². The Balaban J connectivity index is 1.42. The summed E-state index contributed by atoms with van der Waals surface area (Å²) in [6.07, 6.45) is -0.00682. The maximum atomic E-state index is 12.3. The highest BCUT2D eigenvalue weighted by atomic mass is 16.5. The first-order valence-corrected chi connectivity index (χ1v) is 9.89.